The van der Waals surface area contributed by atoms with Crippen LogP contribution in [0.15, 0.2) is 12.1 Å². The van der Waals surface area contributed by atoms with Gasteiger partial charge < -0.3 is 21.3 Å². The minimum atomic E-state index is -1.29. The second kappa shape index (κ2) is 5.89. The molecule has 1 aliphatic rings. The standard InChI is InChI=1S/C15H21FN2O3/c1-9-3-2-6-15(21,7-9)8-18-11-5-4-10(16)13(17)12(11)14(19)20/h4-5,9,18,21H,2-3,6-8,17H2,1H3,(H,19,20). The second-order valence-corrected chi connectivity index (χ2v) is 5.97. The van der Waals surface area contributed by atoms with Crippen LogP contribution in [0.5, 0.6) is 0 Å². The maximum atomic E-state index is 13.4. The number of carboxylic acid groups (broad SMARTS) is 1. The molecule has 116 valence electrons. The van der Waals surface area contributed by atoms with E-state index in [1.54, 1.807) is 0 Å². The highest BCUT2D eigenvalue weighted by Gasteiger charge is 2.32. The second-order valence-electron chi connectivity index (χ2n) is 5.97. The van der Waals surface area contributed by atoms with Crippen molar-refractivity contribution in [3.8, 4) is 0 Å². The van der Waals surface area contributed by atoms with Crippen molar-refractivity contribution in [2.45, 2.75) is 38.2 Å². The molecule has 0 aromatic heterocycles. The molecule has 1 aromatic rings. The first-order valence-corrected chi connectivity index (χ1v) is 7.10. The zero-order valence-electron chi connectivity index (χ0n) is 12.0. The Morgan fingerprint density at radius 2 is 2.29 bits per heavy atom. The summed E-state index contributed by atoms with van der Waals surface area (Å²) in [6.45, 7) is 2.31. The fourth-order valence-corrected chi connectivity index (χ4v) is 3.02. The van der Waals surface area contributed by atoms with Gasteiger partial charge in [0.2, 0.25) is 0 Å². The van der Waals surface area contributed by atoms with E-state index in [0.29, 0.717) is 18.8 Å². The highest BCUT2D eigenvalue weighted by Crippen LogP contribution is 2.33. The van der Waals surface area contributed by atoms with E-state index in [9.17, 15) is 14.3 Å². The van der Waals surface area contributed by atoms with E-state index in [2.05, 4.69) is 12.2 Å². The Kier molecular flexibility index (Phi) is 4.37. The highest BCUT2D eigenvalue weighted by atomic mass is 19.1. The van der Waals surface area contributed by atoms with Gasteiger partial charge in [-0.15, -0.1) is 0 Å². The molecule has 2 atom stereocenters. The monoisotopic (exact) mass is 296 g/mol. The summed E-state index contributed by atoms with van der Waals surface area (Å²) in [5, 5.41) is 22.6. The van der Waals surface area contributed by atoms with Crippen LogP contribution in [0.4, 0.5) is 15.8 Å². The third-order valence-corrected chi connectivity index (χ3v) is 4.08. The summed E-state index contributed by atoms with van der Waals surface area (Å²) >= 11 is 0. The normalized spacial score (nSPS) is 25.6. The third-order valence-electron chi connectivity index (χ3n) is 4.08. The summed E-state index contributed by atoms with van der Waals surface area (Å²) < 4.78 is 13.4. The number of nitrogen functional groups attached to an aromatic ring is 1. The molecule has 5 nitrogen and oxygen atoms in total. The summed E-state index contributed by atoms with van der Waals surface area (Å²) in [6, 6.07) is 2.46. The predicted molar refractivity (Wildman–Crippen MR) is 78.8 cm³/mol. The molecule has 2 rings (SSSR count). The van der Waals surface area contributed by atoms with Crippen LogP contribution in [0.25, 0.3) is 0 Å². The zero-order valence-corrected chi connectivity index (χ0v) is 12.0. The molecular formula is C15H21FN2O3. The first-order valence-electron chi connectivity index (χ1n) is 7.10. The van der Waals surface area contributed by atoms with Crippen LogP contribution in [-0.2, 0) is 0 Å². The molecule has 1 fully saturated rings. The molecule has 21 heavy (non-hydrogen) atoms. The van der Waals surface area contributed by atoms with Gasteiger partial charge in [-0.3, -0.25) is 0 Å². The Bertz CT molecular complexity index is 550. The molecule has 6 heteroatoms. The summed E-state index contributed by atoms with van der Waals surface area (Å²) in [4.78, 5) is 11.2. The van der Waals surface area contributed by atoms with Gasteiger partial charge in [-0.2, -0.15) is 0 Å². The van der Waals surface area contributed by atoms with E-state index >= 15 is 0 Å². The van der Waals surface area contributed by atoms with Gasteiger partial charge in [-0.1, -0.05) is 19.8 Å². The number of carboxylic acids is 1. The SMILES string of the molecule is CC1CCCC(O)(CNc2ccc(F)c(N)c2C(=O)O)C1. The van der Waals surface area contributed by atoms with Crippen LogP contribution in [0, 0.1) is 11.7 Å². The van der Waals surface area contributed by atoms with Gasteiger partial charge in [-0.05, 0) is 30.9 Å². The Morgan fingerprint density at radius 3 is 2.90 bits per heavy atom. The number of nitrogens with two attached hydrogens (primary N) is 1. The summed E-state index contributed by atoms with van der Waals surface area (Å²) in [5.41, 5.74) is 4.17. The van der Waals surface area contributed by atoms with Gasteiger partial charge in [0.15, 0.2) is 0 Å². The van der Waals surface area contributed by atoms with Crippen LogP contribution >= 0.6 is 0 Å². The van der Waals surface area contributed by atoms with Gasteiger partial charge in [0, 0.05) is 6.54 Å². The number of aliphatic hydroxyl groups is 1. The lowest BCUT2D eigenvalue weighted by Crippen LogP contribution is -2.41. The minimum Gasteiger partial charge on any atom is -0.478 e. The molecule has 0 radical (unpaired) electrons. The lowest BCUT2D eigenvalue weighted by molar-refractivity contribution is -0.000808. The van der Waals surface area contributed by atoms with Crippen molar-refractivity contribution in [3.63, 3.8) is 0 Å². The van der Waals surface area contributed by atoms with Crippen molar-refractivity contribution in [1.29, 1.82) is 0 Å². The van der Waals surface area contributed by atoms with E-state index in [0.717, 1.165) is 18.9 Å². The molecule has 0 heterocycles. The number of carbonyl (C=O) groups is 1. The zero-order chi connectivity index (χ0) is 15.6. The van der Waals surface area contributed by atoms with Gasteiger partial charge in [-0.25, -0.2) is 9.18 Å². The van der Waals surface area contributed by atoms with E-state index < -0.39 is 23.1 Å². The molecule has 1 aliphatic carbocycles. The van der Waals surface area contributed by atoms with Crippen LogP contribution in [-0.4, -0.2) is 28.3 Å². The van der Waals surface area contributed by atoms with Crippen molar-refractivity contribution in [2.75, 3.05) is 17.6 Å². The molecule has 1 aromatic carbocycles. The summed E-state index contributed by atoms with van der Waals surface area (Å²) in [7, 11) is 0. The van der Waals surface area contributed by atoms with Crippen molar-refractivity contribution in [1.82, 2.24) is 0 Å². The number of hydrogen-bond donors (Lipinski definition) is 4. The number of rotatable bonds is 4. The average molecular weight is 296 g/mol. The fraction of sp³-hybridized carbons (Fsp3) is 0.533. The first-order chi connectivity index (χ1) is 9.82. The maximum absolute atomic E-state index is 13.4. The Labute approximate surface area is 123 Å². The molecule has 0 bridgehead atoms. The van der Waals surface area contributed by atoms with Gasteiger partial charge in [0.05, 0.1) is 17.0 Å². The summed E-state index contributed by atoms with van der Waals surface area (Å²) in [5.74, 6) is -1.62. The number of aromatic carboxylic acids is 1. The van der Waals surface area contributed by atoms with Crippen molar-refractivity contribution >= 4 is 17.3 Å². The largest absolute Gasteiger partial charge is 0.478 e. The van der Waals surface area contributed by atoms with Crippen LogP contribution in [0.1, 0.15) is 43.0 Å². The maximum Gasteiger partial charge on any atom is 0.340 e. The summed E-state index contributed by atoms with van der Waals surface area (Å²) in [6.07, 6.45) is 3.37. The number of hydrogen-bond acceptors (Lipinski definition) is 4. The Hall–Kier alpha value is -1.82. The predicted octanol–water partition coefficient (Wildman–Crippen LogP) is 2.46. The molecule has 5 N–H and O–H groups in total. The lowest BCUT2D eigenvalue weighted by Gasteiger charge is -2.36. The number of benzene rings is 1. The van der Waals surface area contributed by atoms with Crippen molar-refractivity contribution in [2.24, 2.45) is 5.92 Å². The van der Waals surface area contributed by atoms with E-state index in [1.807, 2.05) is 0 Å². The number of halogens is 1. The molecule has 0 aliphatic heterocycles. The molecule has 0 spiro atoms. The van der Waals surface area contributed by atoms with E-state index in [1.165, 1.54) is 6.07 Å². The number of nitrogens with one attached hydrogen (secondary N) is 1. The van der Waals surface area contributed by atoms with Crippen LogP contribution in [0.2, 0.25) is 0 Å². The molecule has 0 amide bonds. The number of anilines is 2. The Morgan fingerprint density at radius 1 is 1.57 bits per heavy atom. The molecule has 2 unspecified atom stereocenters. The molecule has 1 saturated carbocycles. The Balaban J connectivity index is 2.17. The smallest absolute Gasteiger partial charge is 0.340 e. The van der Waals surface area contributed by atoms with Crippen molar-refractivity contribution < 1.29 is 19.4 Å². The van der Waals surface area contributed by atoms with E-state index in [4.69, 9.17) is 10.8 Å². The fourth-order valence-electron chi connectivity index (χ4n) is 3.02. The molecule has 0 saturated heterocycles. The third kappa shape index (κ3) is 3.44. The molecular weight excluding hydrogens is 275 g/mol. The van der Waals surface area contributed by atoms with Crippen LogP contribution < -0.4 is 11.1 Å². The quantitative estimate of drug-likeness (QED) is 0.640. The first kappa shape index (κ1) is 15.6. The van der Waals surface area contributed by atoms with Gasteiger partial charge >= 0.3 is 5.97 Å². The minimum absolute atomic E-state index is 0.225. The average Bonchev–Trinajstić information content (AvgIpc) is 2.39. The van der Waals surface area contributed by atoms with Gasteiger partial charge in [0.25, 0.3) is 0 Å². The van der Waals surface area contributed by atoms with E-state index in [-0.39, 0.29) is 17.8 Å². The highest BCUT2D eigenvalue weighted by molar-refractivity contribution is 6.00. The van der Waals surface area contributed by atoms with Gasteiger partial charge in [0.1, 0.15) is 11.4 Å². The van der Waals surface area contributed by atoms with Crippen molar-refractivity contribution in [3.05, 3.63) is 23.5 Å². The lowest BCUT2D eigenvalue weighted by atomic mass is 9.79. The van der Waals surface area contributed by atoms with Crippen LogP contribution in [0.3, 0.4) is 0 Å². The topological polar surface area (TPSA) is 95.6 Å².